The Labute approximate surface area is 88.8 Å². The van der Waals surface area contributed by atoms with Crippen LogP contribution < -0.4 is 0 Å². The molecule has 72 valence electrons. The van der Waals surface area contributed by atoms with E-state index in [1.54, 1.807) is 10.9 Å². The zero-order chi connectivity index (χ0) is 9.97. The fourth-order valence-corrected chi connectivity index (χ4v) is 2.28. The van der Waals surface area contributed by atoms with Gasteiger partial charge in [-0.15, -0.1) is 16.4 Å². The first kappa shape index (κ1) is 9.42. The van der Waals surface area contributed by atoms with Crippen LogP contribution in [0.2, 0.25) is 0 Å². The number of hydrogen-bond donors (Lipinski definition) is 0. The number of carbonyl (C=O) groups is 1. The van der Waals surface area contributed by atoms with E-state index in [-0.39, 0.29) is 5.78 Å². The number of aromatic nitrogens is 3. The summed E-state index contributed by atoms with van der Waals surface area (Å²) in [6.45, 7) is 1.95. The Bertz CT molecular complexity index is 435. The van der Waals surface area contributed by atoms with Crippen molar-refractivity contribution in [2.45, 2.75) is 13.3 Å². The van der Waals surface area contributed by atoms with Gasteiger partial charge in [0, 0.05) is 5.38 Å². The molecule has 0 aromatic carbocycles. The summed E-state index contributed by atoms with van der Waals surface area (Å²) in [7, 11) is 0. The Morgan fingerprint density at radius 3 is 3.07 bits per heavy atom. The van der Waals surface area contributed by atoms with Crippen molar-refractivity contribution in [1.82, 2.24) is 14.6 Å². The van der Waals surface area contributed by atoms with Crippen molar-refractivity contribution in [2.24, 2.45) is 0 Å². The van der Waals surface area contributed by atoms with Crippen LogP contribution in [0.1, 0.15) is 28.0 Å². The van der Waals surface area contributed by atoms with Gasteiger partial charge in [0.2, 0.25) is 5.78 Å². The van der Waals surface area contributed by atoms with E-state index < -0.39 is 0 Å². The lowest BCUT2D eigenvalue weighted by Crippen LogP contribution is -2.02. The first-order valence-corrected chi connectivity index (χ1v) is 5.78. The van der Waals surface area contributed by atoms with E-state index in [4.69, 9.17) is 0 Å². The van der Waals surface area contributed by atoms with Crippen LogP contribution in [-0.4, -0.2) is 20.4 Å². The van der Waals surface area contributed by atoms with Crippen molar-refractivity contribution >= 4 is 28.7 Å². The van der Waals surface area contributed by atoms with Crippen molar-refractivity contribution in [3.63, 3.8) is 0 Å². The average molecular weight is 225 g/mol. The van der Waals surface area contributed by atoms with Gasteiger partial charge in [-0.25, -0.2) is 4.98 Å². The topological polar surface area (TPSA) is 55.7 Å². The highest BCUT2D eigenvalue weighted by molar-refractivity contribution is 7.09. The van der Waals surface area contributed by atoms with Crippen LogP contribution in [0.15, 0.2) is 10.9 Å². The van der Waals surface area contributed by atoms with Crippen LogP contribution in [0.5, 0.6) is 0 Å². The van der Waals surface area contributed by atoms with Gasteiger partial charge in [0.05, 0.1) is 11.2 Å². The largest absolute Gasteiger partial charge is 0.286 e. The van der Waals surface area contributed by atoms with Gasteiger partial charge in [-0.2, -0.15) is 0 Å². The molecule has 6 heteroatoms. The number of carbonyl (C=O) groups excluding carboxylic acids is 1. The van der Waals surface area contributed by atoms with Crippen LogP contribution in [0.25, 0.3) is 0 Å². The minimum Gasteiger partial charge on any atom is -0.286 e. The highest BCUT2D eigenvalue weighted by Gasteiger charge is 2.17. The summed E-state index contributed by atoms with van der Waals surface area (Å²) in [4.78, 5) is 16.4. The van der Waals surface area contributed by atoms with Gasteiger partial charge in [-0.1, -0.05) is 11.4 Å². The molecule has 0 radical (unpaired) electrons. The molecule has 0 fully saturated rings. The molecule has 0 saturated heterocycles. The van der Waals surface area contributed by atoms with Crippen LogP contribution in [0.4, 0.5) is 0 Å². The Morgan fingerprint density at radius 1 is 1.57 bits per heavy atom. The van der Waals surface area contributed by atoms with E-state index in [1.807, 2.05) is 6.92 Å². The molecule has 14 heavy (non-hydrogen) atoms. The van der Waals surface area contributed by atoms with Gasteiger partial charge in [-0.05, 0) is 18.0 Å². The van der Waals surface area contributed by atoms with Crippen molar-refractivity contribution < 1.29 is 4.79 Å². The lowest BCUT2D eigenvalue weighted by atomic mass is 10.2. The van der Waals surface area contributed by atoms with E-state index in [1.165, 1.54) is 11.3 Å². The molecule has 2 aromatic heterocycles. The molecular formula is C8H7N3OS2. The number of rotatable bonds is 3. The molecule has 0 aliphatic rings. The van der Waals surface area contributed by atoms with Crippen LogP contribution >= 0.6 is 22.9 Å². The molecular weight excluding hydrogens is 218 g/mol. The standard InChI is InChI=1S/C8H7N3OS2/c1-2-5-8(14-11-10-5)7(12)6-3-13-4-9-6/h3-4H,2H2,1H3. The summed E-state index contributed by atoms with van der Waals surface area (Å²) >= 11 is 2.54. The van der Waals surface area contributed by atoms with Gasteiger partial charge >= 0.3 is 0 Å². The van der Waals surface area contributed by atoms with Crippen LogP contribution in [0.3, 0.4) is 0 Å². The highest BCUT2D eigenvalue weighted by Crippen LogP contribution is 2.16. The first-order valence-electron chi connectivity index (χ1n) is 4.07. The number of aryl methyl sites for hydroxylation is 1. The molecule has 2 heterocycles. The summed E-state index contributed by atoms with van der Waals surface area (Å²) in [5.74, 6) is -0.0712. The van der Waals surface area contributed by atoms with Gasteiger partial charge in [0.15, 0.2) is 0 Å². The Hall–Kier alpha value is -1.14. The third kappa shape index (κ3) is 1.58. The summed E-state index contributed by atoms with van der Waals surface area (Å²) in [5, 5.41) is 5.63. The van der Waals surface area contributed by atoms with E-state index >= 15 is 0 Å². The van der Waals surface area contributed by atoms with Crippen LogP contribution in [-0.2, 0) is 6.42 Å². The zero-order valence-electron chi connectivity index (χ0n) is 7.43. The van der Waals surface area contributed by atoms with Crippen LogP contribution in [0, 0.1) is 0 Å². The van der Waals surface area contributed by atoms with E-state index in [0.29, 0.717) is 10.6 Å². The Kier molecular flexibility index (Phi) is 2.64. The van der Waals surface area contributed by atoms with Crippen molar-refractivity contribution in [1.29, 1.82) is 0 Å². The third-order valence-electron chi connectivity index (χ3n) is 1.76. The zero-order valence-corrected chi connectivity index (χ0v) is 9.06. The lowest BCUT2D eigenvalue weighted by Gasteiger charge is -1.93. The molecule has 0 unspecified atom stereocenters. The summed E-state index contributed by atoms with van der Waals surface area (Å²) in [6, 6.07) is 0. The molecule has 2 aromatic rings. The van der Waals surface area contributed by atoms with E-state index in [9.17, 15) is 4.79 Å². The minimum absolute atomic E-state index is 0.0712. The number of ketones is 1. The summed E-state index contributed by atoms with van der Waals surface area (Å²) in [6.07, 6.45) is 0.724. The second kappa shape index (κ2) is 3.93. The second-order valence-corrected chi connectivity index (χ2v) is 4.08. The first-order chi connectivity index (χ1) is 6.83. The predicted octanol–water partition coefficient (Wildman–Crippen LogP) is 1.79. The minimum atomic E-state index is -0.0712. The molecule has 0 bridgehead atoms. The maximum atomic E-state index is 11.8. The molecule has 2 rings (SSSR count). The van der Waals surface area contributed by atoms with Gasteiger partial charge < -0.3 is 0 Å². The van der Waals surface area contributed by atoms with E-state index in [0.717, 1.165) is 23.6 Å². The van der Waals surface area contributed by atoms with E-state index in [2.05, 4.69) is 14.6 Å². The molecule has 4 nitrogen and oxygen atoms in total. The normalized spacial score (nSPS) is 10.4. The van der Waals surface area contributed by atoms with Gasteiger partial charge in [0.1, 0.15) is 10.6 Å². The number of nitrogens with zero attached hydrogens (tertiary/aromatic N) is 3. The monoisotopic (exact) mass is 225 g/mol. The second-order valence-electron chi connectivity index (χ2n) is 2.61. The third-order valence-corrected chi connectivity index (χ3v) is 3.12. The SMILES string of the molecule is CCc1nnsc1C(=O)c1cscn1. The Balaban J connectivity index is 2.36. The predicted molar refractivity (Wildman–Crippen MR) is 54.8 cm³/mol. The summed E-state index contributed by atoms with van der Waals surface area (Å²) in [5.41, 5.74) is 2.89. The molecule has 0 saturated carbocycles. The van der Waals surface area contributed by atoms with Gasteiger partial charge in [-0.3, -0.25) is 4.79 Å². The maximum Gasteiger partial charge on any atom is 0.225 e. The Morgan fingerprint density at radius 2 is 2.43 bits per heavy atom. The molecule has 0 aliphatic carbocycles. The molecule has 0 spiro atoms. The molecule has 0 aliphatic heterocycles. The van der Waals surface area contributed by atoms with Crippen molar-refractivity contribution in [3.05, 3.63) is 27.2 Å². The average Bonchev–Trinajstić information content (AvgIpc) is 2.87. The quantitative estimate of drug-likeness (QED) is 0.747. The molecule has 0 amide bonds. The fraction of sp³-hybridized carbons (Fsp3) is 0.250. The highest BCUT2D eigenvalue weighted by atomic mass is 32.1. The number of hydrogen-bond acceptors (Lipinski definition) is 6. The van der Waals surface area contributed by atoms with Gasteiger partial charge in [0.25, 0.3) is 0 Å². The molecule has 0 atom stereocenters. The number of thiazole rings is 1. The fourth-order valence-electron chi connectivity index (χ4n) is 1.05. The lowest BCUT2D eigenvalue weighted by molar-refractivity contribution is 0.103. The summed E-state index contributed by atoms with van der Waals surface area (Å²) < 4.78 is 3.77. The van der Waals surface area contributed by atoms with Crippen molar-refractivity contribution in [3.8, 4) is 0 Å². The van der Waals surface area contributed by atoms with Crippen molar-refractivity contribution in [2.75, 3.05) is 0 Å². The maximum absolute atomic E-state index is 11.8. The molecule has 0 N–H and O–H groups in total. The smallest absolute Gasteiger partial charge is 0.225 e.